The van der Waals surface area contributed by atoms with Crippen molar-refractivity contribution >= 4 is 38.6 Å². The normalized spacial score (nSPS) is 11.0. The van der Waals surface area contributed by atoms with Crippen LogP contribution in [0.3, 0.4) is 0 Å². The summed E-state index contributed by atoms with van der Waals surface area (Å²) in [5.41, 5.74) is 3.26. The standard InChI is InChI=1S/C21H16BrClN2O/c22-16-11-9-15(10-12-16)13-25-19-7-3-2-6-18(19)24-21(25)14-26-20-8-4-1-5-17(20)23/h1-12H,13-14H2. The lowest BCUT2D eigenvalue weighted by Crippen LogP contribution is -2.08. The van der Waals surface area contributed by atoms with Crippen LogP contribution in [0.2, 0.25) is 5.02 Å². The van der Waals surface area contributed by atoms with Gasteiger partial charge in [0.25, 0.3) is 0 Å². The predicted octanol–water partition coefficient (Wildman–Crippen LogP) is 6.08. The molecule has 3 nitrogen and oxygen atoms in total. The van der Waals surface area contributed by atoms with Gasteiger partial charge in [-0.2, -0.15) is 0 Å². The van der Waals surface area contributed by atoms with Crippen LogP contribution in [0.15, 0.2) is 77.3 Å². The second-order valence-electron chi connectivity index (χ2n) is 5.95. The molecule has 0 radical (unpaired) electrons. The molecule has 0 unspecified atom stereocenters. The van der Waals surface area contributed by atoms with Gasteiger partial charge in [0.2, 0.25) is 0 Å². The Morgan fingerprint density at radius 1 is 0.923 bits per heavy atom. The van der Waals surface area contributed by atoms with Crippen molar-refractivity contribution in [1.82, 2.24) is 9.55 Å². The quantitative estimate of drug-likeness (QED) is 0.386. The summed E-state index contributed by atoms with van der Waals surface area (Å²) in [6.07, 6.45) is 0. The molecule has 130 valence electrons. The van der Waals surface area contributed by atoms with Gasteiger partial charge in [0, 0.05) is 11.0 Å². The highest BCUT2D eigenvalue weighted by Gasteiger charge is 2.12. The average molecular weight is 428 g/mol. The van der Waals surface area contributed by atoms with Gasteiger partial charge in [-0.05, 0) is 42.0 Å². The molecule has 5 heteroatoms. The van der Waals surface area contributed by atoms with Crippen LogP contribution in [0.1, 0.15) is 11.4 Å². The molecule has 1 aromatic heterocycles. The minimum atomic E-state index is 0.356. The largest absolute Gasteiger partial charge is 0.484 e. The summed E-state index contributed by atoms with van der Waals surface area (Å²) < 4.78 is 9.19. The lowest BCUT2D eigenvalue weighted by atomic mass is 10.2. The first-order valence-electron chi connectivity index (χ1n) is 8.26. The number of halogens is 2. The van der Waals surface area contributed by atoms with Crippen LogP contribution >= 0.6 is 27.5 Å². The monoisotopic (exact) mass is 426 g/mol. The van der Waals surface area contributed by atoms with Gasteiger partial charge in [0.15, 0.2) is 0 Å². The molecule has 0 atom stereocenters. The summed E-state index contributed by atoms with van der Waals surface area (Å²) in [7, 11) is 0. The van der Waals surface area contributed by atoms with Gasteiger partial charge in [-0.1, -0.05) is 63.9 Å². The topological polar surface area (TPSA) is 27.1 Å². The zero-order valence-electron chi connectivity index (χ0n) is 13.9. The first-order valence-corrected chi connectivity index (χ1v) is 9.44. The Bertz CT molecular complexity index is 1040. The van der Waals surface area contributed by atoms with E-state index in [1.54, 1.807) is 0 Å². The van der Waals surface area contributed by atoms with Crippen LogP contribution in [-0.4, -0.2) is 9.55 Å². The number of aromatic nitrogens is 2. The molecule has 26 heavy (non-hydrogen) atoms. The van der Waals surface area contributed by atoms with E-state index in [9.17, 15) is 0 Å². The molecule has 0 saturated heterocycles. The third kappa shape index (κ3) is 3.62. The van der Waals surface area contributed by atoms with Crippen molar-refractivity contribution in [2.45, 2.75) is 13.2 Å². The third-order valence-electron chi connectivity index (χ3n) is 4.18. The zero-order valence-corrected chi connectivity index (χ0v) is 16.2. The lowest BCUT2D eigenvalue weighted by Gasteiger charge is -2.11. The summed E-state index contributed by atoms with van der Waals surface area (Å²) in [5, 5.41) is 0.600. The molecule has 0 amide bonds. The number of hydrogen-bond donors (Lipinski definition) is 0. The number of rotatable bonds is 5. The SMILES string of the molecule is Clc1ccccc1OCc1nc2ccccc2n1Cc1ccc(Br)cc1. The van der Waals surface area contributed by atoms with Crippen LogP contribution in [0.4, 0.5) is 0 Å². The van der Waals surface area contributed by atoms with Crippen LogP contribution in [0, 0.1) is 0 Å². The van der Waals surface area contributed by atoms with Crippen molar-refractivity contribution in [3.63, 3.8) is 0 Å². The number of hydrogen-bond acceptors (Lipinski definition) is 2. The van der Waals surface area contributed by atoms with Gasteiger partial charge in [-0.3, -0.25) is 0 Å². The van der Waals surface area contributed by atoms with Crippen molar-refractivity contribution in [1.29, 1.82) is 0 Å². The van der Waals surface area contributed by atoms with Gasteiger partial charge in [-0.25, -0.2) is 4.98 Å². The molecule has 0 aliphatic heterocycles. The second kappa shape index (κ2) is 7.52. The van der Waals surface area contributed by atoms with Gasteiger partial charge >= 0.3 is 0 Å². The molecule has 0 bridgehead atoms. The van der Waals surface area contributed by atoms with E-state index >= 15 is 0 Å². The Kier molecular flexibility index (Phi) is 4.96. The predicted molar refractivity (Wildman–Crippen MR) is 109 cm³/mol. The summed E-state index contributed by atoms with van der Waals surface area (Å²) in [5.74, 6) is 1.53. The fourth-order valence-corrected chi connectivity index (χ4v) is 3.34. The van der Waals surface area contributed by atoms with E-state index < -0.39 is 0 Å². The van der Waals surface area contributed by atoms with Crippen molar-refractivity contribution < 1.29 is 4.74 Å². The molecule has 0 saturated carbocycles. The Morgan fingerprint density at radius 2 is 1.65 bits per heavy atom. The maximum Gasteiger partial charge on any atom is 0.148 e. The highest BCUT2D eigenvalue weighted by atomic mass is 79.9. The molecular weight excluding hydrogens is 412 g/mol. The molecule has 0 fully saturated rings. The molecule has 0 aliphatic carbocycles. The number of ether oxygens (including phenoxy) is 1. The van der Waals surface area contributed by atoms with Crippen molar-refractivity contribution in [2.24, 2.45) is 0 Å². The van der Waals surface area contributed by atoms with E-state index in [0.29, 0.717) is 17.4 Å². The van der Waals surface area contributed by atoms with Crippen molar-refractivity contribution in [3.05, 3.63) is 93.7 Å². The number of nitrogens with zero attached hydrogens (tertiary/aromatic N) is 2. The highest BCUT2D eigenvalue weighted by molar-refractivity contribution is 9.10. The Morgan fingerprint density at radius 3 is 2.46 bits per heavy atom. The molecule has 4 rings (SSSR count). The number of fused-ring (bicyclic) bond motifs is 1. The number of para-hydroxylation sites is 3. The second-order valence-corrected chi connectivity index (χ2v) is 7.27. The Labute approximate surface area is 165 Å². The summed E-state index contributed by atoms with van der Waals surface area (Å²) in [4.78, 5) is 4.76. The molecule has 0 spiro atoms. The van der Waals surface area contributed by atoms with Gasteiger partial charge in [-0.15, -0.1) is 0 Å². The van der Waals surface area contributed by atoms with E-state index in [1.165, 1.54) is 5.56 Å². The smallest absolute Gasteiger partial charge is 0.148 e. The Hall–Kier alpha value is -2.30. The first kappa shape index (κ1) is 17.1. The molecule has 3 aromatic carbocycles. The maximum atomic E-state index is 6.20. The van der Waals surface area contributed by atoms with Gasteiger partial charge in [0.1, 0.15) is 18.2 Å². The Balaban J connectivity index is 1.67. The van der Waals surface area contributed by atoms with Gasteiger partial charge in [0.05, 0.1) is 16.1 Å². The minimum Gasteiger partial charge on any atom is -0.484 e. The lowest BCUT2D eigenvalue weighted by molar-refractivity contribution is 0.291. The molecule has 0 N–H and O–H groups in total. The molecule has 1 heterocycles. The summed E-state index contributed by atoms with van der Waals surface area (Å²) in [6.45, 7) is 1.09. The highest BCUT2D eigenvalue weighted by Crippen LogP contribution is 2.25. The van der Waals surface area contributed by atoms with Crippen LogP contribution in [-0.2, 0) is 13.2 Å². The summed E-state index contributed by atoms with van der Waals surface area (Å²) >= 11 is 9.68. The van der Waals surface area contributed by atoms with E-state index in [2.05, 4.69) is 38.7 Å². The number of imidazole rings is 1. The zero-order chi connectivity index (χ0) is 17.9. The molecular formula is C21H16BrClN2O. The van der Waals surface area contributed by atoms with E-state index in [4.69, 9.17) is 21.3 Å². The van der Waals surface area contributed by atoms with Crippen LogP contribution in [0.5, 0.6) is 5.75 Å². The first-order chi connectivity index (χ1) is 12.7. The van der Waals surface area contributed by atoms with E-state index in [1.807, 2.05) is 54.6 Å². The average Bonchev–Trinajstić information content (AvgIpc) is 3.00. The van der Waals surface area contributed by atoms with E-state index in [0.717, 1.165) is 27.9 Å². The number of benzene rings is 3. The van der Waals surface area contributed by atoms with E-state index in [-0.39, 0.29) is 0 Å². The summed E-state index contributed by atoms with van der Waals surface area (Å²) in [6, 6.07) is 23.9. The molecule has 4 aromatic rings. The van der Waals surface area contributed by atoms with Gasteiger partial charge < -0.3 is 9.30 Å². The minimum absolute atomic E-state index is 0.356. The third-order valence-corrected chi connectivity index (χ3v) is 5.02. The van der Waals surface area contributed by atoms with Crippen LogP contribution < -0.4 is 4.74 Å². The van der Waals surface area contributed by atoms with Crippen molar-refractivity contribution in [3.8, 4) is 5.75 Å². The van der Waals surface area contributed by atoms with Crippen molar-refractivity contribution in [2.75, 3.05) is 0 Å². The fraction of sp³-hybridized carbons (Fsp3) is 0.0952. The maximum absolute atomic E-state index is 6.20. The van der Waals surface area contributed by atoms with Crippen LogP contribution in [0.25, 0.3) is 11.0 Å². The fourth-order valence-electron chi connectivity index (χ4n) is 2.89. The molecule has 0 aliphatic rings.